The first-order chi connectivity index (χ1) is 8.68. The van der Waals surface area contributed by atoms with Crippen LogP contribution in [0.25, 0.3) is 0 Å². The molecule has 1 fully saturated rings. The molecule has 0 bridgehead atoms. The van der Waals surface area contributed by atoms with Crippen molar-refractivity contribution in [2.24, 2.45) is 7.05 Å². The fourth-order valence-electron chi connectivity index (χ4n) is 2.53. The summed E-state index contributed by atoms with van der Waals surface area (Å²) in [6.45, 7) is 4.09. The molecule has 2 heterocycles. The van der Waals surface area contributed by atoms with E-state index < -0.39 is 0 Å². The SMILES string of the molecule is Cc1cccc(C2(Cc3nnn(C)n3)CNC2)c1. The second-order valence-electron chi connectivity index (χ2n) is 5.13. The zero-order valence-corrected chi connectivity index (χ0v) is 10.7. The molecule has 0 spiro atoms. The van der Waals surface area contributed by atoms with Crippen LogP contribution in [0.1, 0.15) is 17.0 Å². The van der Waals surface area contributed by atoms with E-state index in [1.807, 2.05) is 0 Å². The first-order valence-electron chi connectivity index (χ1n) is 6.19. The summed E-state index contributed by atoms with van der Waals surface area (Å²) in [5.74, 6) is 0.820. The van der Waals surface area contributed by atoms with Gasteiger partial charge in [-0.1, -0.05) is 29.8 Å². The van der Waals surface area contributed by atoms with Crippen molar-refractivity contribution in [3.05, 3.63) is 41.2 Å². The Balaban J connectivity index is 1.90. The summed E-state index contributed by atoms with van der Waals surface area (Å²) in [4.78, 5) is 1.52. The van der Waals surface area contributed by atoms with E-state index in [9.17, 15) is 0 Å². The van der Waals surface area contributed by atoms with Crippen molar-refractivity contribution in [1.29, 1.82) is 0 Å². The molecule has 1 aromatic heterocycles. The van der Waals surface area contributed by atoms with Crippen LogP contribution in [-0.2, 0) is 18.9 Å². The first-order valence-corrected chi connectivity index (χ1v) is 6.19. The van der Waals surface area contributed by atoms with E-state index in [2.05, 4.69) is 51.9 Å². The molecule has 0 saturated carbocycles. The van der Waals surface area contributed by atoms with Crippen LogP contribution >= 0.6 is 0 Å². The van der Waals surface area contributed by atoms with Gasteiger partial charge in [-0.15, -0.1) is 10.2 Å². The summed E-state index contributed by atoms with van der Waals surface area (Å²) in [7, 11) is 1.80. The maximum atomic E-state index is 4.29. The highest BCUT2D eigenvalue weighted by molar-refractivity contribution is 5.34. The van der Waals surface area contributed by atoms with Gasteiger partial charge in [0, 0.05) is 24.9 Å². The highest BCUT2D eigenvalue weighted by Crippen LogP contribution is 2.31. The number of aromatic nitrogens is 4. The molecule has 1 aromatic carbocycles. The molecule has 0 amide bonds. The summed E-state index contributed by atoms with van der Waals surface area (Å²) in [6.07, 6.45) is 0.845. The van der Waals surface area contributed by atoms with Gasteiger partial charge < -0.3 is 5.32 Å². The summed E-state index contributed by atoms with van der Waals surface area (Å²) in [5, 5.41) is 15.7. The normalized spacial score (nSPS) is 17.4. The van der Waals surface area contributed by atoms with Gasteiger partial charge >= 0.3 is 0 Å². The lowest BCUT2D eigenvalue weighted by atomic mass is 9.72. The Bertz CT molecular complexity index is 556. The fraction of sp³-hybridized carbons (Fsp3) is 0.462. The van der Waals surface area contributed by atoms with Crippen molar-refractivity contribution in [2.75, 3.05) is 13.1 Å². The van der Waals surface area contributed by atoms with Crippen molar-refractivity contribution in [1.82, 2.24) is 25.5 Å². The lowest BCUT2D eigenvalue weighted by Crippen LogP contribution is -2.58. The van der Waals surface area contributed by atoms with Crippen LogP contribution in [0.3, 0.4) is 0 Å². The van der Waals surface area contributed by atoms with E-state index in [0.29, 0.717) is 0 Å². The van der Waals surface area contributed by atoms with Gasteiger partial charge in [-0.05, 0) is 17.7 Å². The zero-order chi connectivity index (χ0) is 12.6. The molecule has 1 N–H and O–H groups in total. The Kier molecular flexibility index (Phi) is 2.63. The Morgan fingerprint density at radius 1 is 1.39 bits per heavy atom. The number of hydrogen-bond donors (Lipinski definition) is 1. The monoisotopic (exact) mass is 243 g/mol. The summed E-state index contributed by atoms with van der Waals surface area (Å²) >= 11 is 0. The third-order valence-corrected chi connectivity index (χ3v) is 3.60. The van der Waals surface area contributed by atoms with Gasteiger partial charge in [0.2, 0.25) is 0 Å². The Labute approximate surface area is 106 Å². The van der Waals surface area contributed by atoms with E-state index in [0.717, 1.165) is 25.3 Å². The molecule has 0 aliphatic carbocycles. The molecular weight excluding hydrogens is 226 g/mol. The maximum absolute atomic E-state index is 4.29. The molecule has 0 radical (unpaired) electrons. The largest absolute Gasteiger partial charge is 0.315 e. The molecule has 1 saturated heterocycles. The molecule has 3 rings (SSSR count). The van der Waals surface area contributed by atoms with Crippen molar-refractivity contribution in [3.8, 4) is 0 Å². The third kappa shape index (κ3) is 1.90. The predicted octanol–water partition coefficient (Wildman–Crippen LogP) is 0.602. The van der Waals surface area contributed by atoms with Crippen LogP contribution in [0, 0.1) is 6.92 Å². The molecule has 18 heavy (non-hydrogen) atoms. The molecule has 1 aliphatic rings. The fourth-order valence-corrected chi connectivity index (χ4v) is 2.53. The van der Waals surface area contributed by atoms with E-state index in [4.69, 9.17) is 0 Å². The van der Waals surface area contributed by atoms with Gasteiger partial charge in [0.05, 0.1) is 7.05 Å². The Morgan fingerprint density at radius 2 is 2.22 bits per heavy atom. The molecule has 0 unspecified atom stereocenters. The molecule has 5 nitrogen and oxygen atoms in total. The molecule has 2 aromatic rings. The highest BCUT2D eigenvalue weighted by Gasteiger charge is 2.40. The van der Waals surface area contributed by atoms with Gasteiger partial charge in [0.25, 0.3) is 0 Å². The Morgan fingerprint density at radius 3 is 2.78 bits per heavy atom. The van der Waals surface area contributed by atoms with Crippen LogP contribution in [0.4, 0.5) is 0 Å². The minimum Gasteiger partial charge on any atom is -0.315 e. The number of tetrazole rings is 1. The number of rotatable bonds is 3. The summed E-state index contributed by atoms with van der Waals surface area (Å²) in [6, 6.07) is 8.71. The van der Waals surface area contributed by atoms with Crippen LogP contribution in [0.5, 0.6) is 0 Å². The van der Waals surface area contributed by atoms with Crippen molar-refractivity contribution < 1.29 is 0 Å². The van der Waals surface area contributed by atoms with E-state index in [1.54, 1.807) is 7.05 Å². The minimum atomic E-state index is 0.134. The number of benzene rings is 1. The number of nitrogens with zero attached hydrogens (tertiary/aromatic N) is 4. The van der Waals surface area contributed by atoms with Gasteiger partial charge in [0.15, 0.2) is 5.82 Å². The lowest BCUT2D eigenvalue weighted by Gasteiger charge is -2.42. The number of nitrogens with one attached hydrogen (secondary N) is 1. The lowest BCUT2D eigenvalue weighted by molar-refractivity contribution is 0.270. The van der Waals surface area contributed by atoms with Crippen LogP contribution < -0.4 is 5.32 Å². The van der Waals surface area contributed by atoms with Crippen LogP contribution in [0.2, 0.25) is 0 Å². The number of hydrogen-bond acceptors (Lipinski definition) is 4. The second kappa shape index (κ2) is 4.17. The molecular formula is C13H17N5. The first kappa shape index (κ1) is 11.3. The second-order valence-corrected chi connectivity index (χ2v) is 5.13. The molecule has 94 valence electrons. The maximum Gasteiger partial charge on any atom is 0.175 e. The van der Waals surface area contributed by atoms with E-state index in [1.165, 1.54) is 15.9 Å². The quantitative estimate of drug-likeness (QED) is 0.858. The van der Waals surface area contributed by atoms with Gasteiger partial charge in [-0.2, -0.15) is 4.80 Å². The smallest absolute Gasteiger partial charge is 0.175 e. The third-order valence-electron chi connectivity index (χ3n) is 3.60. The van der Waals surface area contributed by atoms with E-state index in [-0.39, 0.29) is 5.41 Å². The number of aryl methyl sites for hydroxylation is 2. The zero-order valence-electron chi connectivity index (χ0n) is 10.7. The van der Waals surface area contributed by atoms with Crippen LogP contribution in [-0.4, -0.2) is 33.3 Å². The standard InChI is InChI=1S/C13H17N5/c1-10-4-3-5-11(6-10)13(8-14-9-13)7-12-15-17-18(2)16-12/h3-6,14H,7-9H2,1-2H3. The predicted molar refractivity (Wildman–Crippen MR) is 68.2 cm³/mol. The van der Waals surface area contributed by atoms with Crippen LogP contribution in [0.15, 0.2) is 24.3 Å². The highest BCUT2D eigenvalue weighted by atomic mass is 15.6. The van der Waals surface area contributed by atoms with Gasteiger partial charge in [0.1, 0.15) is 0 Å². The molecule has 5 heteroatoms. The van der Waals surface area contributed by atoms with Crippen molar-refractivity contribution in [3.63, 3.8) is 0 Å². The average molecular weight is 243 g/mol. The van der Waals surface area contributed by atoms with Gasteiger partial charge in [-0.3, -0.25) is 0 Å². The van der Waals surface area contributed by atoms with Crippen molar-refractivity contribution in [2.45, 2.75) is 18.8 Å². The average Bonchev–Trinajstić information content (AvgIpc) is 2.69. The Hall–Kier alpha value is -1.75. The van der Waals surface area contributed by atoms with E-state index >= 15 is 0 Å². The van der Waals surface area contributed by atoms with Gasteiger partial charge in [-0.25, -0.2) is 0 Å². The molecule has 0 atom stereocenters. The topological polar surface area (TPSA) is 55.6 Å². The van der Waals surface area contributed by atoms with Crippen molar-refractivity contribution >= 4 is 0 Å². The molecule has 1 aliphatic heterocycles. The minimum absolute atomic E-state index is 0.134. The summed E-state index contributed by atoms with van der Waals surface area (Å²) in [5.41, 5.74) is 2.80. The summed E-state index contributed by atoms with van der Waals surface area (Å²) < 4.78 is 0.